The summed E-state index contributed by atoms with van der Waals surface area (Å²) in [5.41, 5.74) is 1.22. The van der Waals surface area contributed by atoms with E-state index in [0.717, 1.165) is 48.0 Å². The number of rotatable bonds is 15. The van der Waals surface area contributed by atoms with Crippen molar-refractivity contribution in [3.8, 4) is 22.6 Å². The van der Waals surface area contributed by atoms with Crippen LogP contribution in [0.25, 0.3) is 22.6 Å². The molecule has 0 saturated heterocycles. The minimum absolute atomic E-state index is 0.00380. The molecule has 14 nitrogen and oxygen atoms in total. The quantitative estimate of drug-likeness (QED) is 0.0486. The molecule has 8 rings (SSSR count). The first-order chi connectivity index (χ1) is 33.9. The van der Waals surface area contributed by atoms with Crippen LogP contribution in [0.4, 0.5) is 71.2 Å². The molecule has 0 saturated carbocycles. The number of hydrogen-bond acceptors (Lipinski definition) is 12. The molecule has 5 N–H and O–H groups in total. The Hall–Kier alpha value is -8.59. The number of hydrogen-bond donors (Lipinski definition) is 5. The summed E-state index contributed by atoms with van der Waals surface area (Å²) < 4.78 is 105. The molecule has 4 aromatic carbocycles. The van der Waals surface area contributed by atoms with E-state index < -0.39 is 41.1 Å². The van der Waals surface area contributed by atoms with E-state index in [4.69, 9.17) is 8.83 Å². The first kappa shape index (κ1) is 50.3. The van der Waals surface area contributed by atoms with Crippen LogP contribution in [0.15, 0.2) is 149 Å². The summed E-state index contributed by atoms with van der Waals surface area (Å²) in [4.78, 5) is 43.5. The number of alkyl halides is 6. The zero-order valence-corrected chi connectivity index (χ0v) is 37.9. The predicted molar refractivity (Wildman–Crippen MR) is 254 cm³/mol. The van der Waals surface area contributed by atoms with Crippen molar-refractivity contribution in [2.75, 3.05) is 53.8 Å². The molecule has 0 bridgehead atoms. The predicted octanol–water partition coefficient (Wildman–Crippen LogP) is 12.3. The SMILES string of the molecule is Cc1ccc(NC(=O)c2ccc(NCCCN(C)C)c(C(F)(F)F)c2)cc1Nc1ncc(-c2cccnc2)o1.O=C(Nc1ccc(F)c(Nc2ncc(-c3cccnc3)o2)c1)c1cccc(C(F)(F)F)c1. The van der Waals surface area contributed by atoms with Gasteiger partial charge in [0, 0.05) is 76.3 Å². The lowest BCUT2D eigenvalue weighted by molar-refractivity contribution is -0.138. The molecular weight excluding hydrogens is 938 g/mol. The summed E-state index contributed by atoms with van der Waals surface area (Å²) in [5, 5.41) is 13.7. The van der Waals surface area contributed by atoms with E-state index in [9.17, 15) is 40.3 Å². The fraction of sp³-hybridized carbons (Fsp3) is 0.160. The van der Waals surface area contributed by atoms with Crippen molar-refractivity contribution in [3.63, 3.8) is 0 Å². The second kappa shape index (κ2) is 22.2. The van der Waals surface area contributed by atoms with Crippen molar-refractivity contribution in [2.45, 2.75) is 25.7 Å². The van der Waals surface area contributed by atoms with Crippen LogP contribution >= 0.6 is 0 Å². The summed E-state index contributed by atoms with van der Waals surface area (Å²) in [6, 6.07) is 23.6. The van der Waals surface area contributed by atoms with Crippen LogP contribution in [-0.4, -0.2) is 63.8 Å². The van der Waals surface area contributed by atoms with Crippen LogP contribution in [0.5, 0.6) is 0 Å². The third kappa shape index (κ3) is 13.8. The smallest absolute Gasteiger partial charge is 0.418 e. The van der Waals surface area contributed by atoms with Gasteiger partial charge in [0.05, 0.1) is 29.2 Å². The number of benzene rings is 4. The number of pyridine rings is 2. The van der Waals surface area contributed by atoms with Gasteiger partial charge in [-0.25, -0.2) is 14.4 Å². The van der Waals surface area contributed by atoms with Crippen molar-refractivity contribution in [1.82, 2.24) is 24.8 Å². The molecule has 0 radical (unpaired) electrons. The number of amides is 2. The van der Waals surface area contributed by atoms with Gasteiger partial charge < -0.3 is 40.3 Å². The van der Waals surface area contributed by atoms with Crippen molar-refractivity contribution in [1.29, 1.82) is 0 Å². The van der Waals surface area contributed by atoms with Crippen molar-refractivity contribution in [2.24, 2.45) is 0 Å². The largest absolute Gasteiger partial charge is 0.423 e. The zero-order chi connectivity index (χ0) is 50.7. The van der Waals surface area contributed by atoms with Gasteiger partial charge in [0.25, 0.3) is 23.8 Å². The Bertz CT molecular complexity index is 3090. The monoisotopic (exact) mass is 980 g/mol. The van der Waals surface area contributed by atoms with Crippen LogP contribution < -0.4 is 26.6 Å². The highest BCUT2D eigenvalue weighted by atomic mass is 19.4. The van der Waals surface area contributed by atoms with Gasteiger partial charge in [-0.3, -0.25) is 19.6 Å². The van der Waals surface area contributed by atoms with Crippen LogP contribution in [-0.2, 0) is 12.4 Å². The minimum Gasteiger partial charge on any atom is -0.423 e. The molecule has 0 spiro atoms. The molecule has 2 amide bonds. The number of oxazole rings is 2. The average Bonchev–Trinajstić information content (AvgIpc) is 4.03. The normalized spacial score (nSPS) is 11.4. The first-order valence-electron chi connectivity index (χ1n) is 21.5. The number of aromatic nitrogens is 4. The lowest BCUT2D eigenvalue weighted by Gasteiger charge is -2.17. The molecule has 0 fully saturated rings. The van der Waals surface area contributed by atoms with E-state index in [-0.39, 0.29) is 40.2 Å². The van der Waals surface area contributed by atoms with E-state index in [1.165, 1.54) is 36.5 Å². The first-order valence-corrected chi connectivity index (χ1v) is 21.5. The van der Waals surface area contributed by atoms with Gasteiger partial charge in [-0.15, -0.1) is 0 Å². The van der Waals surface area contributed by atoms with E-state index in [1.807, 2.05) is 32.0 Å². The summed E-state index contributed by atoms with van der Waals surface area (Å²) in [6.45, 7) is 2.98. The Labute approximate surface area is 401 Å². The summed E-state index contributed by atoms with van der Waals surface area (Å²) in [7, 11) is 3.80. The third-order valence-corrected chi connectivity index (χ3v) is 10.2. The highest BCUT2D eigenvalue weighted by molar-refractivity contribution is 6.05. The molecule has 0 aliphatic rings. The highest BCUT2D eigenvalue weighted by Gasteiger charge is 2.34. The van der Waals surface area contributed by atoms with E-state index >= 15 is 0 Å². The molecule has 8 aromatic rings. The van der Waals surface area contributed by atoms with Crippen LogP contribution in [0.3, 0.4) is 0 Å². The van der Waals surface area contributed by atoms with Crippen molar-refractivity contribution >= 4 is 52.3 Å². The molecule has 71 heavy (non-hydrogen) atoms. The lowest BCUT2D eigenvalue weighted by Crippen LogP contribution is -2.19. The van der Waals surface area contributed by atoms with Crippen molar-refractivity contribution < 1.29 is 49.2 Å². The number of halogens is 7. The van der Waals surface area contributed by atoms with Gasteiger partial charge in [-0.1, -0.05) is 12.1 Å². The number of carbonyl (C=O) groups is 2. The maximum Gasteiger partial charge on any atom is 0.418 e. The lowest BCUT2D eigenvalue weighted by atomic mass is 10.1. The second-order valence-electron chi connectivity index (χ2n) is 15.8. The second-order valence-corrected chi connectivity index (χ2v) is 15.8. The standard InChI is InChI=1S/C28H29F3N6O2.C22H14F4N4O2/c1-18-7-9-21(15-24(18)36-27-34-17-25(39-27)20-6-4-11-32-16-20)35-26(38)19-8-10-23(22(14-19)28(29,30)31)33-12-5-13-37(2)3;23-17-7-6-16(29-20(31)13-3-1-5-15(9-13)22(24,25)26)10-18(17)30-21-28-12-19(32-21)14-4-2-8-27-11-14/h4,6-11,14-17,33H,5,12-13H2,1-3H3,(H,34,36)(H,35,38);1-12H,(H,28,30)(H,29,31). The van der Waals surface area contributed by atoms with E-state index in [1.54, 1.807) is 67.4 Å². The third-order valence-electron chi connectivity index (χ3n) is 10.2. The summed E-state index contributed by atoms with van der Waals surface area (Å²) >= 11 is 0. The van der Waals surface area contributed by atoms with Gasteiger partial charge in [-0.2, -0.15) is 26.3 Å². The average molecular weight is 981 g/mol. The fourth-order valence-electron chi connectivity index (χ4n) is 6.65. The van der Waals surface area contributed by atoms with Crippen LogP contribution in [0.2, 0.25) is 0 Å². The van der Waals surface area contributed by atoms with E-state index in [2.05, 4.69) is 46.5 Å². The number of aryl methyl sites for hydroxylation is 1. The van der Waals surface area contributed by atoms with Gasteiger partial charge in [0.1, 0.15) is 5.82 Å². The molecule has 0 aliphatic heterocycles. The number of nitrogens with one attached hydrogen (secondary N) is 5. The van der Waals surface area contributed by atoms with Gasteiger partial charge in [0.15, 0.2) is 11.5 Å². The molecule has 21 heteroatoms. The molecule has 4 aromatic heterocycles. The Balaban J connectivity index is 0.000000213. The molecule has 4 heterocycles. The van der Waals surface area contributed by atoms with Gasteiger partial charge in [0.2, 0.25) is 0 Å². The fourth-order valence-corrected chi connectivity index (χ4v) is 6.65. The van der Waals surface area contributed by atoms with Gasteiger partial charge in [-0.05, 0) is 131 Å². The molecule has 0 atom stereocenters. The summed E-state index contributed by atoms with van der Waals surface area (Å²) in [6.07, 6.45) is 0.987. The highest BCUT2D eigenvalue weighted by Crippen LogP contribution is 2.36. The summed E-state index contributed by atoms with van der Waals surface area (Å²) in [5.74, 6) is -1.14. The number of nitrogens with zero attached hydrogens (tertiary/aromatic N) is 5. The Morgan fingerprint density at radius 1 is 0.620 bits per heavy atom. The molecule has 366 valence electrons. The topological polar surface area (TPSA) is 175 Å². The Morgan fingerprint density at radius 3 is 1.76 bits per heavy atom. The van der Waals surface area contributed by atoms with Gasteiger partial charge >= 0.3 is 12.4 Å². The number of anilines is 7. The zero-order valence-electron chi connectivity index (χ0n) is 37.9. The van der Waals surface area contributed by atoms with E-state index in [0.29, 0.717) is 41.4 Å². The maximum atomic E-state index is 14.2. The Kier molecular flexibility index (Phi) is 15.7. The minimum atomic E-state index is -4.62. The van der Waals surface area contributed by atoms with Crippen LogP contribution in [0, 0.1) is 12.7 Å². The van der Waals surface area contributed by atoms with Crippen molar-refractivity contribution in [3.05, 3.63) is 174 Å². The molecule has 0 aliphatic carbocycles. The molecular formula is C50H43F7N10O4. The number of carbonyl (C=O) groups excluding carboxylic acids is 2. The Morgan fingerprint density at radius 2 is 1.20 bits per heavy atom. The maximum absolute atomic E-state index is 14.2. The molecule has 0 unspecified atom stereocenters. The van der Waals surface area contributed by atoms with Crippen LogP contribution in [0.1, 0.15) is 43.8 Å².